The summed E-state index contributed by atoms with van der Waals surface area (Å²) in [6.45, 7) is 2.03. The second-order valence-electron chi connectivity index (χ2n) is 5.46. The maximum atomic E-state index is 11.0. The van der Waals surface area contributed by atoms with Gasteiger partial charge >= 0.3 is 5.97 Å². The zero-order chi connectivity index (χ0) is 13.5. The zero-order valence-electron chi connectivity index (χ0n) is 10.8. The lowest BCUT2D eigenvalue weighted by Gasteiger charge is -2.11. The van der Waals surface area contributed by atoms with Crippen molar-refractivity contribution in [1.82, 2.24) is 0 Å². The fraction of sp³-hybridized carbons (Fsp3) is 0.235. The molecule has 1 fully saturated rings. The Morgan fingerprint density at radius 2 is 1.63 bits per heavy atom. The van der Waals surface area contributed by atoms with Gasteiger partial charge in [0.2, 0.25) is 0 Å². The van der Waals surface area contributed by atoms with Crippen molar-refractivity contribution in [3.63, 3.8) is 0 Å². The molecular weight excluding hydrogens is 236 g/mol. The Labute approximate surface area is 112 Å². The van der Waals surface area contributed by atoms with Crippen molar-refractivity contribution < 1.29 is 9.90 Å². The molecule has 19 heavy (non-hydrogen) atoms. The van der Waals surface area contributed by atoms with Crippen LogP contribution in [0, 0.1) is 5.92 Å². The lowest BCUT2D eigenvalue weighted by Crippen LogP contribution is -2.10. The normalized spacial score (nSPS) is 25.0. The summed E-state index contributed by atoms with van der Waals surface area (Å²) in [5.41, 5.74) is 3.30. The standard InChI is InChI=1S/C17H16O2/c1-17(11-15(17)16(18)19)14-9-7-13(8-10-14)12-5-3-2-4-6-12/h2-10,15H,11H2,1H3,(H,18,19). The highest BCUT2D eigenvalue weighted by Gasteiger charge is 2.55. The van der Waals surface area contributed by atoms with E-state index in [-0.39, 0.29) is 11.3 Å². The molecule has 1 aliphatic rings. The van der Waals surface area contributed by atoms with E-state index in [0.717, 1.165) is 12.0 Å². The Hall–Kier alpha value is -2.09. The SMILES string of the molecule is CC1(c2ccc(-c3ccccc3)cc2)CC1C(=O)O. The molecule has 2 unspecified atom stereocenters. The van der Waals surface area contributed by atoms with Gasteiger partial charge in [0.05, 0.1) is 5.92 Å². The first-order valence-corrected chi connectivity index (χ1v) is 6.50. The van der Waals surface area contributed by atoms with Gasteiger partial charge in [0.25, 0.3) is 0 Å². The fourth-order valence-electron chi connectivity index (χ4n) is 2.72. The molecule has 0 aliphatic heterocycles. The van der Waals surface area contributed by atoms with Crippen LogP contribution < -0.4 is 0 Å². The van der Waals surface area contributed by atoms with E-state index in [9.17, 15) is 4.79 Å². The predicted octanol–water partition coefficient (Wildman–Crippen LogP) is 3.72. The van der Waals surface area contributed by atoms with Crippen molar-refractivity contribution in [2.75, 3.05) is 0 Å². The second kappa shape index (κ2) is 4.23. The van der Waals surface area contributed by atoms with Gasteiger partial charge in [-0.25, -0.2) is 0 Å². The summed E-state index contributed by atoms with van der Waals surface area (Å²) in [5.74, 6) is -0.912. The molecule has 1 saturated carbocycles. The number of rotatable bonds is 3. The third-order valence-electron chi connectivity index (χ3n) is 4.19. The van der Waals surface area contributed by atoms with Gasteiger partial charge in [0, 0.05) is 5.41 Å². The molecule has 0 amide bonds. The average Bonchev–Trinajstić information content (AvgIpc) is 3.14. The Balaban J connectivity index is 1.87. The van der Waals surface area contributed by atoms with E-state index in [1.54, 1.807) is 0 Å². The van der Waals surface area contributed by atoms with Crippen LogP contribution >= 0.6 is 0 Å². The van der Waals surface area contributed by atoms with Crippen LogP contribution in [0.2, 0.25) is 0 Å². The molecule has 0 saturated heterocycles. The molecule has 2 heteroatoms. The molecule has 2 atom stereocenters. The number of benzene rings is 2. The van der Waals surface area contributed by atoms with E-state index in [2.05, 4.69) is 36.4 Å². The molecule has 1 aliphatic carbocycles. The molecule has 2 aromatic rings. The minimum atomic E-state index is -0.686. The lowest BCUT2D eigenvalue weighted by atomic mass is 9.93. The van der Waals surface area contributed by atoms with E-state index in [1.165, 1.54) is 11.1 Å². The average molecular weight is 252 g/mol. The number of hydrogen-bond acceptors (Lipinski definition) is 1. The monoisotopic (exact) mass is 252 g/mol. The Kier molecular flexibility index (Phi) is 2.67. The topological polar surface area (TPSA) is 37.3 Å². The summed E-state index contributed by atoms with van der Waals surface area (Å²) in [4.78, 5) is 11.0. The molecule has 0 spiro atoms. The van der Waals surface area contributed by atoms with Crippen molar-refractivity contribution in [3.05, 3.63) is 60.2 Å². The number of aliphatic carboxylic acids is 1. The maximum Gasteiger partial charge on any atom is 0.307 e. The smallest absolute Gasteiger partial charge is 0.307 e. The fourth-order valence-corrected chi connectivity index (χ4v) is 2.72. The maximum absolute atomic E-state index is 11.0. The number of carboxylic acids is 1. The highest BCUT2D eigenvalue weighted by molar-refractivity contribution is 5.77. The quantitative estimate of drug-likeness (QED) is 0.904. The van der Waals surface area contributed by atoms with Gasteiger partial charge in [-0.1, -0.05) is 61.5 Å². The molecule has 2 aromatic carbocycles. The lowest BCUT2D eigenvalue weighted by molar-refractivity contribution is -0.138. The van der Waals surface area contributed by atoms with Crippen LogP contribution in [0.4, 0.5) is 0 Å². The van der Waals surface area contributed by atoms with Gasteiger partial charge in [0.1, 0.15) is 0 Å². The van der Waals surface area contributed by atoms with Crippen molar-refractivity contribution >= 4 is 5.97 Å². The zero-order valence-corrected chi connectivity index (χ0v) is 10.8. The van der Waals surface area contributed by atoms with Gasteiger partial charge in [-0.15, -0.1) is 0 Å². The minimum absolute atomic E-state index is 0.180. The van der Waals surface area contributed by atoms with Crippen LogP contribution in [0.15, 0.2) is 54.6 Å². The first kappa shape index (κ1) is 12.0. The van der Waals surface area contributed by atoms with Crippen molar-refractivity contribution in [2.24, 2.45) is 5.92 Å². The highest BCUT2D eigenvalue weighted by Crippen LogP contribution is 2.54. The molecule has 0 aromatic heterocycles. The summed E-state index contributed by atoms with van der Waals surface area (Å²) >= 11 is 0. The summed E-state index contributed by atoms with van der Waals surface area (Å²) in [6.07, 6.45) is 0.743. The molecule has 2 nitrogen and oxygen atoms in total. The largest absolute Gasteiger partial charge is 0.481 e. The van der Waals surface area contributed by atoms with Gasteiger partial charge < -0.3 is 5.11 Å². The van der Waals surface area contributed by atoms with Crippen molar-refractivity contribution in [3.8, 4) is 11.1 Å². The number of hydrogen-bond donors (Lipinski definition) is 1. The Morgan fingerprint density at radius 3 is 2.16 bits per heavy atom. The summed E-state index contributed by atoms with van der Waals surface area (Å²) in [7, 11) is 0. The second-order valence-corrected chi connectivity index (χ2v) is 5.46. The van der Waals surface area contributed by atoms with Gasteiger partial charge in [-0.05, 0) is 23.1 Å². The third-order valence-corrected chi connectivity index (χ3v) is 4.19. The molecular formula is C17H16O2. The van der Waals surface area contributed by atoms with Crippen LogP contribution in [0.1, 0.15) is 18.9 Å². The minimum Gasteiger partial charge on any atom is -0.481 e. The molecule has 96 valence electrons. The van der Waals surface area contributed by atoms with Crippen molar-refractivity contribution in [1.29, 1.82) is 0 Å². The van der Waals surface area contributed by atoms with Crippen LogP contribution in [0.3, 0.4) is 0 Å². The van der Waals surface area contributed by atoms with Gasteiger partial charge in [0.15, 0.2) is 0 Å². The summed E-state index contributed by atoms with van der Waals surface area (Å²) in [5, 5.41) is 9.08. The first-order valence-electron chi connectivity index (χ1n) is 6.50. The summed E-state index contributed by atoms with van der Waals surface area (Å²) in [6, 6.07) is 18.5. The summed E-state index contributed by atoms with van der Waals surface area (Å²) < 4.78 is 0. The van der Waals surface area contributed by atoms with E-state index in [0.29, 0.717) is 0 Å². The molecule has 1 N–H and O–H groups in total. The van der Waals surface area contributed by atoms with Crippen LogP contribution in [0.5, 0.6) is 0 Å². The van der Waals surface area contributed by atoms with Crippen molar-refractivity contribution in [2.45, 2.75) is 18.8 Å². The first-order chi connectivity index (χ1) is 9.11. The van der Waals surface area contributed by atoms with E-state index in [4.69, 9.17) is 5.11 Å². The highest BCUT2D eigenvalue weighted by atomic mass is 16.4. The number of carbonyl (C=O) groups is 1. The third kappa shape index (κ3) is 2.03. The van der Waals surface area contributed by atoms with E-state index < -0.39 is 5.97 Å². The Morgan fingerprint density at radius 1 is 1.05 bits per heavy atom. The predicted molar refractivity (Wildman–Crippen MR) is 75.0 cm³/mol. The number of carboxylic acid groups (broad SMARTS) is 1. The molecule has 0 radical (unpaired) electrons. The van der Waals surface area contributed by atoms with E-state index >= 15 is 0 Å². The van der Waals surface area contributed by atoms with Gasteiger partial charge in [-0.2, -0.15) is 0 Å². The molecule has 3 rings (SSSR count). The van der Waals surface area contributed by atoms with Crippen LogP contribution in [-0.2, 0) is 10.2 Å². The molecule has 0 bridgehead atoms. The van der Waals surface area contributed by atoms with E-state index in [1.807, 2.05) is 25.1 Å². The van der Waals surface area contributed by atoms with Crippen LogP contribution in [-0.4, -0.2) is 11.1 Å². The van der Waals surface area contributed by atoms with Crippen LogP contribution in [0.25, 0.3) is 11.1 Å². The molecule has 0 heterocycles. The Bertz CT molecular complexity index is 601. The van der Waals surface area contributed by atoms with Gasteiger partial charge in [-0.3, -0.25) is 4.79 Å².